The van der Waals surface area contributed by atoms with Crippen molar-refractivity contribution in [3.63, 3.8) is 0 Å². The van der Waals surface area contributed by atoms with E-state index in [1.807, 2.05) is 24.3 Å². The van der Waals surface area contributed by atoms with Gasteiger partial charge in [-0.05, 0) is 128 Å². The van der Waals surface area contributed by atoms with E-state index in [1.54, 1.807) is 0 Å². The first-order chi connectivity index (χ1) is 37.9. The van der Waals surface area contributed by atoms with Crippen LogP contribution in [0, 0.1) is 0 Å². The van der Waals surface area contributed by atoms with E-state index in [0.29, 0.717) is 17.5 Å². The third kappa shape index (κ3) is 7.27. The maximum absolute atomic E-state index is 5.35. The summed E-state index contributed by atoms with van der Waals surface area (Å²) in [6.07, 6.45) is 0. The van der Waals surface area contributed by atoms with Crippen LogP contribution in [-0.4, -0.2) is 24.1 Å². The van der Waals surface area contributed by atoms with Crippen LogP contribution in [-0.2, 0) is 5.41 Å². The fourth-order valence-corrected chi connectivity index (χ4v) is 12.2. The molecule has 3 aromatic heterocycles. The fourth-order valence-electron chi connectivity index (χ4n) is 12.2. The maximum Gasteiger partial charge on any atom is 0.164 e. The van der Waals surface area contributed by atoms with Crippen molar-refractivity contribution in [2.24, 2.45) is 0 Å². The van der Waals surface area contributed by atoms with Crippen LogP contribution >= 0.6 is 0 Å². The Kier molecular flexibility index (Phi) is 10.2. The van der Waals surface area contributed by atoms with E-state index >= 15 is 0 Å². The zero-order chi connectivity index (χ0) is 51.2. The summed E-state index contributed by atoms with van der Waals surface area (Å²) in [6.45, 7) is 4.68. The van der Waals surface area contributed by atoms with E-state index in [1.165, 1.54) is 71.5 Å². The van der Waals surface area contributed by atoms with Crippen molar-refractivity contribution in [1.29, 1.82) is 0 Å². The molecule has 14 aromatic rings. The summed E-state index contributed by atoms with van der Waals surface area (Å²) in [6, 6.07) is 94.1. The summed E-state index contributed by atoms with van der Waals surface area (Å²) < 4.78 is 4.81. The van der Waals surface area contributed by atoms with Gasteiger partial charge in [-0.2, -0.15) is 0 Å². The van der Waals surface area contributed by atoms with Crippen LogP contribution in [0.3, 0.4) is 0 Å². The fraction of sp³-hybridized carbons (Fsp3) is 0.0417. The highest BCUT2D eigenvalue weighted by molar-refractivity contribution is 6.13. The first-order valence-electron chi connectivity index (χ1n) is 26.4. The molecule has 1 aliphatic carbocycles. The Hall–Kier alpha value is -9.97. The largest absolute Gasteiger partial charge is 0.309 e. The van der Waals surface area contributed by atoms with E-state index in [0.717, 1.165) is 55.8 Å². The summed E-state index contributed by atoms with van der Waals surface area (Å²) in [7, 11) is 0. The molecule has 0 saturated heterocycles. The molecule has 0 radical (unpaired) electrons. The second-order valence-electron chi connectivity index (χ2n) is 20.8. The molecular formula is C72H49N5. The molecule has 11 aromatic carbocycles. The Morgan fingerprint density at radius 2 is 0.740 bits per heavy atom. The van der Waals surface area contributed by atoms with Gasteiger partial charge in [0.1, 0.15) is 0 Å². The van der Waals surface area contributed by atoms with Crippen LogP contribution in [0.4, 0.5) is 0 Å². The minimum atomic E-state index is -0.261. The third-order valence-corrected chi connectivity index (χ3v) is 16.0. The summed E-state index contributed by atoms with van der Waals surface area (Å²) in [5.74, 6) is 1.93. The van der Waals surface area contributed by atoms with E-state index in [9.17, 15) is 0 Å². The lowest BCUT2D eigenvalue weighted by Gasteiger charge is -2.21. The zero-order valence-corrected chi connectivity index (χ0v) is 42.6. The van der Waals surface area contributed by atoms with Gasteiger partial charge in [0.25, 0.3) is 0 Å². The van der Waals surface area contributed by atoms with Gasteiger partial charge in [0.2, 0.25) is 0 Å². The van der Waals surface area contributed by atoms with Gasteiger partial charge in [0.15, 0.2) is 17.5 Å². The molecule has 3 heterocycles. The Morgan fingerprint density at radius 3 is 1.43 bits per heavy atom. The summed E-state index contributed by atoms with van der Waals surface area (Å²) >= 11 is 0. The van der Waals surface area contributed by atoms with Gasteiger partial charge in [-0.3, -0.25) is 0 Å². The molecule has 0 spiro atoms. The van der Waals surface area contributed by atoms with E-state index in [-0.39, 0.29) is 5.41 Å². The number of para-hydroxylation sites is 3. The van der Waals surface area contributed by atoms with Crippen molar-refractivity contribution in [2.75, 3.05) is 0 Å². The molecular weight excluding hydrogens is 935 g/mol. The van der Waals surface area contributed by atoms with Gasteiger partial charge in [-0.1, -0.05) is 202 Å². The van der Waals surface area contributed by atoms with Crippen molar-refractivity contribution >= 4 is 43.6 Å². The number of hydrogen-bond acceptors (Lipinski definition) is 3. The minimum absolute atomic E-state index is 0.261. The highest BCUT2D eigenvalue weighted by Crippen LogP contribution is 2.53. The molecule has 0 saturated carbocycles. The van der Waals surface area contributed by atoms with Crippen LogP contribution in [0.25, 0.3) is 134 Å². The second-order valence-corrected chi connectivity index (χ2v) is 20.8. The Balaban J connectivity index is 0.883. The summed E-state index contributed by atoms with van der Waals surface area (Å²) in [4.78, 5) is 15.8. The molecule has 0 N–H and O–H groups in total. The van der Waals surface area contributed by atoms with E-state index in [2.05, 4.69) is 260 Å². The molecule has 5 heteroatoms. The molecule has 1 aliphatic rings. The Labute approximate surface area is 446 Å². The molecule has 0 aliphatic heterocycles. The molecule has 5 nitrogen and oxygen atoms in total. The van der Waals surface area contributed by atoms with Gasteiger partial charge in [-0.25, -0.2) is 15.0 Å². The first-order valence-corrected chi connectivity index (χ1v) is 26.4. The Morgan fingerprint density at radius 1 is 0.273 bits per heavy atom. The minimum Gasteiger partial charge on any atom is -0.309 e. The van der Waals surface area contributed by atoms with Crippen LogP contribution in [0.2, 0.25) is 0 Å². The van der Waals surface area contributed by atoms with Gasteiger partial charge in [-0.15, -0.1) is 0 Å². The molecule has 0 unspecified atom stereocenters. The molecule has 0 bridgehead atoms. The van der Waals surface area contributed by atoms with Crippen molar-refractivity contribution in [2.45, 2.75) is 19.3 Å². The van der Waals surface area contributed by atoms with Crippen LogP contribution in [0.15, 0.2) is 261 Å². The highest BCUT2D eigenvalue weighted by Gasteiger charge is 2.38. The van der Waals surface area contributed by atoms with Crippen molar-refractivity contribution < 1.29 is 0 Å². The molecule has 15 rings (SSSR count). The number of fused-ring (bicyclic) bond motifs is 9. The van der Waals surface area contributed by atoms with E-state index < -0.39 is 0 Å². The average Bonchev–Trinajstić information content (AvgIpc) is 4.13. The van der Waals surface area contributed by atoms with Gasteiger partial charge >= 0.3 is 0 Å². The molecule has 0 fully saturated rings. The van der Waals surface area contributed by atoms with Crippen molar-refractivity contribution in [3.8, 4) is 90.0 Å². The molecule has 0 amide bonds. The lowest BCUT2D eigenvalue weighted by Crippen LogP contribution is -2.14. The average molecular weight is 984 g/mol. The van der Waals surface area contributed by atoms with Crippen LogP contribution in [0.5, 0.6) is 0 Å². The summed E-state index contributed by atoms with van der Waals surface area (Å²) in [5, 5.41) is 4.90. The van der Waals surface area contributed by atoms with Crippen LogP contribution in [0.1, 0.15) is 25.0 Å². The lowest BCUT2D eigenvalue weighted by atomic mass is 9.82. The van der Waals surface area contributed by atoms with Crippen LogP contribution < -0.4 is 0 Å². The van der Waals surface area contributed by atoms with Gasteiger partial charge in [0, 0.05) is 55.0 Å². The number of benzene rings is 11. The second kappa shape index (κ2) is 17.6. The Bertz CT molecular complexity index is 4630. The van der Waals surface area contributed by atoms with Gasteiger partial charge < -0.3 is 9.13 Å². The topological polar surface area (TPSA) is 48.5 Å². The number of aromatic nitrogens is 5. The summed E-state index contributed by atoms with van der Waals surface area (Å²) in [5.41, 5.74) is 21.4. The molecule has 77 heavy (non-hydrogen) atoms. The smallest absolute Gasteiger partial charge is 0.164 e. The third-order valence-electron chi connectivity index (χ3n) is 16.0. The van der Waals surface area contributed by atoms with E-state index in [4.69, 9.17) is 15.0 Å². The highest BCUT2D eigenvalue weighted by atomic mass is 15.0. The quantitative estimate of drug-likeness (QED) is 0.152. The predicted octanol–water partition coefficient (Wildman–Crippen LogP) is 18.4. The standard InChI is InChI=1S/C72H49N5/c1-72(2)62-38-34-49(44-61(62)68-58(30-18-31-63(68)72)71-74-69(47-21-9-4-10-22-47)73-70(75-71)53-24-17-23-48(41-53)46-19-7-3-8-20-46)50-35-39-65-59(42-50)60-43-51(36-40-66(60)76(65)54-25-11-5-12-26-54)52-33-37-57-56-29-15-16-32-64(56)77(67(57)45-52)55-27-13-6-14-28-55/h3-45H,1-2H3. The van der Waals surface area contributed by atoms with Crippen molar-refractivity contribution in [3.05, 3.63) is 272 Å². The number of nitrogens with zero attached hydrogens (tertiary/aromatic N) is 5. The maximum atomic E-state index is 5.35. The monoisotopic (exact) mass is 983 g/mol. The first kappa shape index (κ1) is 44.5. The number of rotatable bonds is 8. The normalized spacial score (nSPS) is 12.6. The van der Waals surface area contributed by atoms with Crippen molar-refractivity contribution in [1.82, 2.24) is 24.1 Å². The SMILES string of the molecule is CC1(C)c2ccc(-c3ccc4c(c3)c3cc(-c5ccc6c7ccccc7n(-c7ccccc7)c6c5)ccc3n4-c3ccccc3)cc2-c2c(-c3nc(-c4ccccc4)nc(-c4cccc(-c5ccccc5)c4)n3)cccc21. The predicted molar refractivity (Wildman–Crippen MR) is 319 cm³/mol. The van der Waals surface area contributed by atoms with Gasteiger partial charge in [0.05, 0.1) is 22.1 Å². The zero-order valence-electron chi connectivity index (χ0n) is 42.6. The number of hydrogen-bond donors (Lipinski definition) is 0. The molecule has 362 valence electrons. The molecule has 0 atom stereocenters. The lowest BCUT2D eigenvalue weighted by molar-refractivity contribution is 0.660.